The highest BCUT2D eigenvalue weighted by Gasteiger charge is 2.53. The molecule has 2 fully saturated rings. The van der Waals surface area contributed by atoms with Crippen molar-refractivity contribution >= 4 is 5.91 Å². The molecular formula is C15H19NO3. The minimum atomic E-state index is -0.606. The molecule has 4 nitrogen and oxygen atoms in total. The van der Waals surface area contributed by atoms with Gasteiger partial charge >= 0.3 is 0 Å². The molecule has 1 saturated carbocycles. The number of carbonyl (C=O) groups excluding carboxylic acids is 1. The van der Waals surface area contributed by atoms with E-state index in [0.29, 0.717) is 31.2 Å². The second-order valence-corrected chi connectivity index (χ2v) is 5.67. The van der Waals surface area contributed by atoms with E-state index in [1.54, 1.807) is 12.0 Å². The van der Waals surface area contributed by atoms with Crippen molar-refractivity contribution < 1.29 is 14.6 Å². The molecule has 0 atom stereocenters. The van der Waals surface area contributed by atoms with Gasteiger partial charge in [0.2, 0.25) is 0 Å². The summed E-state index contributed by atoms with van der Waals surface area (Å²) in [6.45, 7) is 1.52. The Hall–Kier alpha value is -1.39. The average Bonchev–Trinajstić information content (AvgIpc) is 3.20. The van der Waals surface area contributed by atoms with Gasteiger partial charge in [-0.3, -0.25) is 4.79 Å². The van der Waals surface area contributed by atoms with Crippen molar-refractivity contribution in [1.29, 1.82) is 0 Å². The van der Waals surface area contributed by atoms with E-state index in [-0.39, 0.29) is 5.91 Å². The van der Waals surface area contributed by atoms with Crippen molar-refractivity contribution in [2.75, 3.05) is 20.2 Å². The Bertz CT molecular complexity index is 473. The number of benzene rings is 1. The lowest BCUT2D eigenvalue weighted by Crippen LogP contribution is -2.64. The number of hydrogen-bond donors (Lipinski definition) is 1. The summed E-state index contributed by atoms with van der Waals surface area (Å²) < 4.78 is 5.04. The zero-order valence-electron chi connectivity index (χ0n) is 11.1. The summed E-state index contributed by atoms with van der Waals surface area (Å²) >= 11 is 0. The monoisotopic (exact) mass is 261 g/mol. The van der Waals surface area contributed by atoms with Gasteiger partial charge in [-0.1, -0.05) is 12.1 Å². The molecule has 19 heavy (non-hydrogen) atoms. The van der Waals surface area contributed by atoms with Crippen LogP contribution in [0.1, 0.15) is 28.8 Å². The molecule has 0 unspecified atom stereocenters. The molecule has 1 aromatic carbocycles. The van der Waals surface area contributed by atoms with Crippen LogP contribution in [0.3, 0.4) is 0 Å². The predicted molar refractivity (Wildman–Crippen MR) is 70.7 cm³/mol. The van der Waals surface area contributed by atoms with Crippen molar-refractivity contribution in [1.82, 2.24) is 4.90 Å². The summed E-state index contributed by atoms with van der Waals surface area (Å²) in [5, 5.41) is 10.2. The van der Waals surface area contributed by atoms with Crippen LogP contribution in [-0.4, -0.2) is 41.7 Å². The number of carbonyl (C=O) groups is 1. The normalized spacial score (nSPS) is 21.1. The van der Waals surface area contributed by atoms with Gasteiger partial charge < -0.3 is 14.7 Å². The highest BCUT2D eigenvalue weighted by atomic mass is 16.5. The van der Waals surface area contributed by atoms with Gasteiger partial charge in [0.1, 0.15) is 5.60 Å². The van der Waals surface area contributed by atoms with E-state index < -0.39 is 5.60 Å². The minimum absolute atomic E-state index is 0.00860. The molecule has 2 aliphatic rings. The fourth-order valence-electron chi connectivity index (χ4n) is 2.73. The molecule has 1 amide bonds. The summed E-state index contributed by atoms with van der Waals surface area (Å²) in [4.78, 5) is 13.9. The number of methoxy groups -OCH3 is 1. The average molecular weight is 261 g/mol. The second-order valence-electron chi connectivity index (χ2n) is 5.67. The molecule has 1 aliphatic heterocycles. The van der Waals surface area contributed by atoms with Crippen LogP contribution in [0.4, 0.5) is 0 Å². The summed E-state index contributed by atoms with van der Waals surface area (Å²) in [5.74, 6) is 0.426. The molecule has 1 saturated heterocycles. The van der Waals surface area contributed by atoms with Crippen LogP contribution in [0.5, 0.6) is 0 Å². The Morgan fingerprint density at radius 2 is 2.00 bits per heavy atom. The molecule has 0 spiro atoms. The number of rotatable bonds is 4. The maximum atomic E-state index is 12.2. The SMILES string of the molecule is COCc1ccc(C(=O)N2CC(O)(C3CC3)C2)cc1. The van der Waals surface area contributed by atoms with Crippen LogP contribution in [0.25, 0.3) is 0 Å². The van der Waals surface area contributed by atoms with Gasteiger partial charge in [-0.2, -0.15) is 0 Å². The van der Waals surface area contributed by atoms with Gasteiger partial charge in [0, 0.05) is 12.7 Å². The van der Waals surface area contributed by atoms with E-state index in [2.05, 4.69) is 0 Å². The third-order valence-corrected chi connectivity index (χ3v) is 4.07. The summed E-state index contributed by atoms with van der Waals surface area (Å²) in [6, 6.07) is 7.46. The number of hydrogen-bond acceptors (Lipinski definition) is 3. The van der Waals surface area contributed by atoms with Gasteiger partial charge in [0.05, 0.1) is 19.7 Å². The van der Waals surface area contributed by atoms with E-state index in [4.69, 9.17) is 4.74 Å². The van der Waals surface area contributed by atoms with Crippen molar-refractivity contribution in [2.45, 2.75) is 25.0 Å². The first-order valence-corrected chi connectivity index (χ1v) is 6.72. The zero-order chi connectivity index (χ0) is 13.5. The smallest absolute Gasteiger partial charge is 0.254 e. The molecule has 1 aliphatic carbocycles. The van der Waals surface area contributed by atoms with Gasteiger partial charge in [0.25, 0.3) is 5.91 Å². The lowest BCUT2D eigenvalue weighted by atomic mass is 9.88. The maximum absolute atomic E-state index is 12.2. The Balaban J connectivity index is 1.61. The highest BCUT2D eigenvalue weighted by Crippen LogP contribution is 2.44. The lowest BCUT2D eigenvalue weighted by molar-refractivity contribution is -0.0958. The van der Waals surface area contributed by atoms with Crippen LogP contribution in [0.2, 0.25) is 0 Å². The molecule has 0 bridgehead atoms. The maximum Gasteiger partial charge on any atom is 0.254 e. The molecular weight excluding hydrogens is 242 g/mol. The molecule has 1 N–H and O–H groups in total. The minimum Gasteiger partial charge on any atom is -0.386 e. The third-order valence-electron chi connectivity index (χ3n) is 4.07. The zero-order valence-corrected chi connectivity index (χ0v) is 11.1. The number of nitrogens with zero attached hydrogens (tertiary/aromatic N) is 1. The Morgan fingerprint density at radius 3 is 2.53 bits per heavy atom. The number of aliphatic hydroxyl groups is 1. The van der Waals surface area contributed by atoms with Crippen molar-refractivity contribution in [2.24, 2.45) is 5.92 Å². The first-order chi connectivity index (χ1) is 9.12. The largest absolute Gasteiger partial charge is 0.386 e. The molecule has 3 rings (SSSR count). The number of amides is 1. The van der Waals surface area contributed by atoms with Crippen LogP contribution in [-0.2, 0) is 11.3 Å². The summed E-state index contributed by atoms with van der Waals surface area (Å²) in [5.41, 5.74) is 1.13. The first-order valence-electron chi connectivity index (χ1n) is 6.72. The summed E-state index contributed by atoms with van der Waals surface area (Å²) in [7, 11) is 1.65. The fourth-order valence-corrected chi connectivity index (χ4v) is 2.73. The highest BCUT2D eigenvalue weighted by molar-refractivity contribution is 5.95. The quantitative estimate of drug-likeness (QED) is 0.892. The number of β-amino-alcohol motifs (C(OH)–C–C–N with tert-alkyl or cyclic N) is 1. The Kier molecular flexibility index (Phi) is 3.07. The van der Waals surface area contributed by atoms with E-state index in [1.807, 2.05) is 24.3 Å². The van der Waals surface area contributed by atoms with Gasteiger partial charge in [-0.05, 0) is 36.5 Å². The third kappa shape index (κ3) is 2.38. The lowest BCUT2D eigenvalue weighted by Gasteiger charge is -2.47. The standard InChI is InChI=1S/C15H19NO3/c1-19-8-11-2-4-12(5-3-11)14(17)16-9-15(18,10-16)13-6-7-13/h2-5,13,18H,6-10H2,1H3. The number of likely N-dealkylation sites (tertiary alicyclic amines) is 1. The van der Waals surface area contributed by atoms with Crippen LogP contribution in [0.15, 0.2) is 24.3 Å². The van der Waals surface area contributed by atoms with E-state index >= 15 is 0 Å². The Morgan fingerprint density at radius 1 is 1.37 bits per heavy atom. The molecule has 0 radical (unpaired) electrons. The Labute approximate surface area is 113 Å². The van der Waals surface area contributed by atoms with E-state index in [0.717, 1.165) is 18.4 Å². The summed E-state index contributed by atoms with van der Waals surface area (Å²) in [6.07, 6.45) is 2.20. The van der Waals surface area contributed by atoms with Crippen molar-refractivity contribution in [3.05, 3.63) is 35.4 Å². The molecule has 102 valence electrons. The first kappa shape index (κ1) is 12.6. The van der Waals surface area contributed by atoms with E-state index in [1.165, 1.54) is 0 Å². The van der Waals surface area contributed by atoms with Crippen molar-refractivity contribution in [3.8, 4) is 0 Å². The van der Waals surface area contributed by atoms with Crippen LogP contribution >= 0.6 is 0 Å². The fraction of sp³-hybridized carbons (Fsp3) is 0.533. The molecule has 1 heterocycles. The van der Waals surface area contributed by atoms with Crippen LogP contribution < -0.4 is 0 Å². The van der Waals surface area contributed by atoms with Gasteiger partial charge in [-0.25, -0.2) is 0 Å². The predicted octanol–water partition coefficient (Wildman–Crippen LogP) is 1.43. The van der Waals surface area contributed by atoms with Gasteiger partial charge in [-0.15, -0.1) is 0 Å². The van der Waals surface area contributed by atoms with Crippen LogP contribution in [0, 0.1) is 5.92 Å². The van der Waals surface area contributed by atoms with Gasteiger partial charge in [0.15, 0.2) is 0 Å². The number of ether oxygens (including phenoxy) is 1. The molecule has 0 aromatic heterocycles. The molecule has 1 aromatic rings. The second kappa shape index (κ2) is 4.62. The molecule has 4 heteroatoms. The van der Waals surface area contributed by atoms with Crippen molar-refractivity contribution in [3.63, 3.8) is 0 Å². The van der Waals surface area contributed by atoms with E-state index in [9.17, 15) is 9.90 Å². The topological polar surface area (TPSA) is 49.8 Å².